The van der Waals surface area contributed by atoms with E-state index in [-0.39, 0.29) is 6.04 Å². The third-order valence-electron chi connectivity index (χ3n) is 1.71. The molecule has 0 amide bonds. The van der Waals surface area contributed by atoms with Gasteiger partial charge in [-0.1, -0.05) is 18.9 Å². The molecular formula is C10H13NS. The highest BCUT2D eigenvalue weighted by molar-refractivity contribution is 7.09. The second-order valence-electron chi connectivity index (χ2n) is 2.59. The molecule has 1 nitrogen and oxygen atoms in total. The highest BCUT2D eigenvalue weighted by Gasteiger charge is 2.00. The molecule has 0 aliphatic rings. The van der Waals surface area contributed by atoms with Gasteiger partial charge in [-0.25, -0.2) is 0 Å². The summed E-state index contributed by atoms with van der Waals surface area (Å²) >= 11 is 1.75. The van der Waals surface area contributed by atoms with Crippen molar-refractivity contribution in [1.29, 1.82) is 0 Å². The van der Waals surface area contributed by atoms with Gasteiger partial charge in [-0.3, -0.25) is 5.32 Å². The van der Waals surface area contributed by atoms with Gasteiger partial charge in [-0.05, 0) is 17.9 Å². The lowest BCUT2D eigenvalue weighted by Gasteiger charge is -2.08. The van der Waals surface area contributed by atoms with Crippen LogP contribution in [0.2, 0.25) is 0 Å². The molecule has 0 saturated carbocycles. The van der Waals surface area contributed by atoms with Crippen molar-refractivity contribution in [2.45, 2.75) is 25.9 Å². The van der Waals surface area contributed by atoms with Crippen LogP contribution in [-0.2, 0) is 6.54 Å². The molecule has 0 aliphatic heterocycles. The minimum Gasteiger partial charge on any atom is -0.299 e. The number of thiophene rings is 1. The van der Waals surface area contributed by atoms with Crippen LogP contribution in [0.5, 0.6) is 0 Å². The van der Waals surface area contributed by atoms with Gasteiger partial charge in [0.05, 0.1) is 6.04 Å². The molecular weight excluding hydrogens is 166 g/mol. The fraction of sp³-hybridized carbons (Fsp3) is 0.400. The molecule has 2 heteroatoms. The van der Waals surface area contributed by atoms with Gasteiger partial charge in [0.1, 0.15) is 0 Å². The fourth-order valence-corrected chi connectivity index (χ4v) is 1.61. The Kier molecular flexibility index (Phi) is 3.86. The van der Waals surface area contributed by atoms with E-state index >= 15 is 0 Å². The zero-order valence-corrected chi connectivity index (χ0v) is 8.03. The molecule has 0 aliphatic carbocycles. The van der Waals surface area contributed by atoms with Crippen molar-refractivity contribution in [3.05, 3.63) is 22.4 Å². The Morgan fingerprint density at radius 3 is 3.08 bits per heavy atom. The van der Waals surface area contributed by atoms with Crippen molar-refractivity contribution in [2.75, 3.05) is 0 Å². The molecule has 0 radical (unpaired) electrons. The van der Waals surface area contributed by atoms with E-state index in [1.54, 1.807) is 11.3 Å². The third-order valence-corrected chi connectivity index (χ3v) is 2.59. The minimum absolute atomic E-state index is 0.215. The van der Waals surface area contributed by atoms with Crippen LogP contribution in [0.3, 0.4) is 0 Å². The number of rotatable bonds is 4. The molecule has 1 aromatic heterocycles. The van der Waals surface area contributed by atoms with Crippen molar-refractivity contribution in [3.8, 4) is 12.3 Å². The molecule has 1 aromatic rings. The molecule has 12 heavy (non-hydrogen) atoms. The van der Waals surface area contributed by atoms with Gasteiger partial charge in [0.15, 0.2) is 0 Å². The summed E-state index contributed by atoms with van der Waals surface area (Å²) in [5.41, 5.74) is 0. The molecule has 64 valence electrons. The Bertz CT molecular complexity index is 245. The second-order valence-corrected chi connectivity index (χ2v) is 3.62. The largest absolute Gasteiger partial charge is 0.299 e. The summed E-state index contributed by atoms with van der Waals surface area (Å²) < 4.78 is 0. The van der Waals surface area contributed by atoms with Crippen molar-refractivity contribution >= 4 is 11.3 Å². The maximum absolute atomic E-state index is 5.31. The molecule has 1 atom stereocenters. The Morgan fingerprint density at radius 2 is 2.58 bits per heavy atom. The second kappa shape index (κ2) is 4.97. The first-order valence-electron chi connectivity index (χ1n) is 4.08. The fourth-order valence-electron chi connectivity index (χ4n) is 0.958. The quantitative estimate of drug-likeness (QED) is 0.699. The lowest BCUT2D eigenvalue weighted by atomic mass is 10.2. The molecule has 0 fully saturated rings. The first-order chi connectivity index (χ1) is 5.86. The summed E-state index contributed by atoms with van der Waals surface area (Å²) in [5, 5.41) is 5.37. The van der Waals surface area contributed by atoms with E-state index in [2.05, 4.69) is 35.7 Å². The van der Waals surface area contributed by atoms with Gasteiger partial charge < -0.3 is 0 Å². The van der Waals surface area contributed by atoms with Crippen LogP contribution >= 0.6 is 11.3 Å². The highest BCUT2D eigenvalue weighted by atomic mass is 32.1. The van der Waals surface area contributed by atoms with Crippen LogP contribution in [-0.4, -0.2) is 6.04 Å². The molecule has 1 unspecified atom stereocenters. The zero-order valence-electron chi connectivity index (χ0n) is 7.21. The summed E-state index contributed by atoms with van der Waals surface area (Å²) in [7, 11) is 0. The van der Waals surface area contributed by atoms with Gasteiger partial charge in [-0.15, -0.1) is 17.8 Å². The van der Waals surface area contributed by atoms with E-state index < -0.39 is 0 Å². The lowest BCUT2D eigenvalue weighted by molar-refractivity contribution is 0.597. The molecule has 0 saturated heterocycles. The standard InChI is InChI=1S/C10H13NS/c1-3-9(4-2)11-8-10-6-5-7-12-10/h1,5-7,9,11H,4,8H2,2H3. The predicted molar refractivity (Wildman–Crippen MR) is 54.1 cm³/mol. The Balaban J connectivity index is 2.31. The Hall–Kier alpha value is -0.780. The molecule has 1 rings (SSSR count). The van der Waals surface area contributed by atoms with Crippen molar-refractivity contribution < 1.29 is 0 Å². The van der Waals surface area contributed by atoms with Crippen LogP contribution in [0.1, 0.15) is 18.2 Å². The normalized spacial score (nSPS) is 12.3. The van der Waals surface area contributed by atoms with Gasteiger partial charge in [0.25, 0.3) is 0 Å². The van der Waals surface area contributed by atoms with Gasteiger partial charge in [0.2, 0.25) is 0 Å². The van der Waals surface area contributed by atoms with Crippen LogP contribution < -0.4 is 5.32 Å². The van der Waals surface area contributed by atoms with E-state index in [9.17, 15) is 0 Å². The third kappa shape index (κ3) is 2.69. The average molecular weight is 179 g/mol. The number of terminal acetylenes is 1. The average Bonchev–Trinajstić information content (AvgIpc) is 2.59. The molecule has 0 spiro atoms. The highest BCUT2D eigenvalue weighted by Crippen LogP contribution is 2.07. The van der Waals surface area contributed by atoms with E-state index in [1.165, 1.54) is 4.88 Å². The van der Waals surface area contributed by atoms with E-state index in [4.69, 9.17) is 6.42 Å². The molecule has 0 bridgehead atoms. The van der Waals surface area contributed by atoms with Crippen LogP contribution in [0.25, 0.3) is 0 Å². The van der Waals surface area contributed by atoms with E-state index in [1.807, 2.05) is 0 Å². The number of hydrogen-bond acceptors (Lipinski definition) is 2. The Labute approximate surface area is 77.8 Å². The SMILES string of the molecule is C#CC(CC)NCc1cccs1. The maximum atomic E-state index is 5.31. The smallest absolute Gasteiger partial charge is 0.0687 e. The molecule has 0 aromatic carbocycles. The summed E-state index contributed by atoms with van der Waals surface area (Å²) in [4.78, 5) is 1.34. The Morgan fingerprint density at radius 1 is 1.75 bits per heavy atom. The van der Waals surface area contributed by atoms with Crippen molar-refractivity contribution in [3.63, 3.8) is 0 Å². The van der Waals surface area contributed by atoms with E-state index in [0.29, 0.717) is 0 Å². The number of hydrogen-bond donors (Lipinski definition) is 1. The number of nitrogens with one attached hydrogen (secondary N) is 1. The molecule has 1 heterocycles. The summed E-state index contributed by atoms with van der Waals surface area (Å²) in [5.74, 6) is 2.71. The minimum atomic E-state index is 0.215. The first kappa shape index (κ1) is 9.31. The van der Waals surface area contributed by atoms with Crippen molar-refractivity contribution in [1.82, 2.24) is 5.32 Å². The maximum Gasteiger partial charge on any atom is 0.0687 e. The van der Waals surface area contributed by atoms with E-state index in [0.717, 1.165) is 13.0 Å². The summed E-state index contributed by atoms with van der Waals surface area (Å²) in [6.07, 6.45) is 6.30. The van der Waals surface area contributed by atoms with Crippen LogP contribution in [0.15, 0.2) is 17.5 Å². The summed E-state index contributed by atoms with van der Waals surface area (Å²) in [6.45, 7) is 2.98. The van der Waals surface area contributed by atoms with Crippen LogP contribution in [0, 0.1) is 12.3 Å². The summed E-state index contributed by atoms with van der Waals surface area (Å²) in [6, 6.07) is 4.38. The van der Waals surface area contributed by atoms with Crippen molar-refractivity contribution in [2.24, 2.45) is 0 Å². The van der Waals surface area contributed by atoms with Gasteiger partial charge in [-0.2, -0.15) is 0 Å². The van der Waals surface area contributed by atoms with Crippen LogP contribution in [0.4, 0.5) is 0 Å². The first-order valence-corrected chi connectivity index (χ1v) is 4.96. The lowest BCUT2D eigenvalue weighted by Crippen LogP contribution is -2.25. The monoisotopic (exact) mass is 179 g/mol. The van der Waals surface area contributed by atoms with Gasteiger partial charge in [0, 0.05) is 11.4 Å². The topological polar surface area (TPSA) is 12.0 Å². The molecule has 1 N–H and O–H groups in total. The zero-order chi connectivity index (χ0) is 8.81. The predicted octanol–water partition coefficient (Wildman–Crippen LogP) is 2.25. The van der Waals surface area contributed by atoms with Gasteiger partial charge >= 0.3 is 0 Å².